The molecule has 7 N–H and O–H groups in total. The Labute approximate surface area is 272 Å². The first-order chi connectivity index (χ1) is 22.0. The van der Waals surface area contributed by atoms with E-state index >= 15 is 0 Å². The Bertz CT molecular complexity index is 2320. The summed E-state index contributed by atoms with van der Waals surface area (Å²) in [5, 5.41) is 16.2. The van der Waals surface area contributed by atoms with E-state index in [2.05, 4.69) is 41.1 Å². The molecule has 0 aliphatic carbocycles. The lowest BCUT2D eigenvalue weighted by Gasteiger charge is -2.12. The second-order valence-electron chi connectivity index (χ2n) is 10.0. The third-order valence-electron chi connectivity index (χ3n) is 6.35. The number of nitrogens with two attached hydrogens (primary N) is 1. The van der Waals surface area contributed by atoms with Gasteiger partial charge in [-0.15, -0.1) is 10.2 Å². The molecule has 0 aliphatic rings. The third kappa shape index (κ3) is 8.12. The highest BCUT2D eigenvalue weighted by atomic mass is 35.5. The van der Waals surface area contributed by atoms with Crippen LogP contribution in [0.25, 0.3) is 10.8 Å². The van der Waals surface area contributed by atoms with Gasteiger partial charge in [0.25, 0.3) is 20.2 Å². The minimum absolute atomic E-state index is 0.00737. The van der Waals surface area contributed by atoms with Gasteiger partial charge in [0, 0.05) is 16.8 Å². The molecule has 0 saturated heterocycles. The molecule has 5 aromatic rings. The van der Waals surface area contributed by atoms with Gasteiger partial charge in [-0.25, -0.2) is 4.79 Å². The SMILES string of the molecule is Cc1cccc(Nc2nc(Cl)nc(Nc3ccc(N=Nc4cc5c(S(=O)(=O)O)cc(C)cc5cc4S(=O)(=O)O)c(NC(N)=O)c3)n2)c1. The van der Waals surface area contributed by atoms with Gasteiger partial charge >= 0.3 is 6.03 Å². The lowest BCUT2D eigenvalue weighted by atomic mass is 10.1. The van der Waals surface area contributed by atoms with Crippen LogP contribution in [0.4, 0.5) is 45.1 Å². The van der Waals surface area contributed by atoms with Gasteiger partial charge in [0.15, 0.2) is 0 Å². The number of aryl methyl sites for hydroxylation is 2. The number of hydrogen-bond donors (Lipinski definition) is 6. The van der Waals surface area contributed by atoms with Crippen molar-refractivity contribution in [2.24, 2.45) is 16.0 Å². The predicted octanol–water partition coefficient (Wildman–Crippen LogP) is 6.18. The quantitative estimate of drug-likeness (QED) is 0.0745. The Hall–Kier alpha value is -5.27. The molecular formula is C28H24ClN9O7S2. The fraction of sp³-hybridized carbons (Fsp3) is 0.0714. The Morgan fingerprint density at radius 2 is 1.40 bits per heavy atom. The maximum absolute atomic E-state index is 12.2. The van der Waals surface area contributed by atoms with Crippen LogP contribution in [0.15, 0.2) is 86.7 Å². The molecule has 5 rings (SSSR count). The highest BCUT2D eigenvalue weighted by molar-refractivity contribution is 7.86. The van der Waals surface area contributed by atoms with Crippen LogP contribution in [0.5, 0.6) is 0 Å². The maximum Gasteiger partial charge on any atom is 0.316 e. The standard InChI is InChI=1S/C28H24ClN9O7S2/c1-14-4-3-5-17(9-14)31-27-34-25(29)35-28(36-27)32-18-6-7-20(21(12-18)33-26(30)39)37-38-22-13-19-16(11-24(22)47(43,44)45)8-15(2)10-23(19)46(40,41)42/h3-13H,1-2H3,(H3,30,33,39)(H,40,41,42)(H,43,44,45)(H2,31,32,34,35,36). The van der Waals surface area contributed by atoms with Gasteiger partial charge in [-0.3, -0.25) is 9.11 Å². The largest absolute Gasteiger partial charge is 0.351 e. The molecule has 0 atom stereocenters. The van der Waals surface area contributed by atoms with Gasteiger partial charge in [-0.2, -0.15) is 31.8 Å². The molecule has 1 heterocycles. The van der Waals surface area contributed by atoms with Crippen molar-refractivity contribution in [2.45, 2.75) is 23.6 Å². The fourth-order valence-corrected chi connectivity index (χ4v) is 6.06. The zero-order valence-electron chi connectivity index (χ0n) is 24.3. The van der Waals surface area contributed by atoms with Crippen LogP contribution in [0.1, 0.15) is 11.1 Å². The molecule has 1 aromatic heterocycles. The predicted molar refractivity (Wildman–Crippen MR) is 175 cm³/mol. The third-order valence-corrected chi connectivity index (χ3v) is 8.30. The molecule has 0 bridgehead atoms. The van der Waals surface area contributed by atoms with E-state index in [1.54, 1.807) is 0 Å². The van der Waals surface area contributed by atoms with Crippen LogP contribution in [0, 0.1) is 13.8 Å². The smallest absolute Gasteiger partial charge is 0.316 e. The Morgan fingerprint density at radius 3 is 2.02 bits per heavy atom. The van der Waals surface area contributed by atoms with Crippen molar-refractivity contribution < 1.29 is 30.7 Å². The van der Waals surface area contributed by atoms with E-state index in [-0.39, 0.29) is 39.3 Å². The van der Waals surface area contributed by atoms with E-state index in [0.717, 1.165) is 17.7 Å². The van der Waals surface area contributed by atoms with Crippen molar-refractivity contribution in [1.82, 2.24) is 15.0 Å². The van der Waals surface area contributed by atoms with Crippen molar-refractivity contribution >= 4 is 89.0 Å². The summed E-state index contributed by atoms with van der Waals surface area (Å²) in [6.07, 6.45) is 0. The number of rotatable bonds is 9. The molecule has 4 aromatic carbocycles. The summed E-state index contributed by atoms with van der Waals surface area (Å²) < 4.78 is 68.3. The molecule has 19 heteroatoms. The van der Waals surface area contributed by atoms with E-state index in [1.165, 1.54) is 37.3 Å². The van der Waals surface area contributed by atoms with Crippen LogP contribution >= 0.6 is 11.6 Å². The first kappa shape index (κ1) is 33.1. The number of amides is 2. The number of nitrogens with one attached hydrogen (secondary N) is 3. The van der Waals surface area contributed by atoms with Gasteiger partial charge in [0.1, 0.15) is 21.2 Å². The number of hydrogen-bond acceptors (Lipinski definition) is 12. The minimum Gasteiger partial charge on any atom is -0.351 e. The summed E-state index contributed by atoms with van der Waals surface area (Å²) in [6.45, 7) is 3.46. The Balaban J connectivity index is 1.52. The van der Waals surface area contributed by atoms with E-state index in [1.807, 2.05) is 31.2 Å². The summed E-state index contributed by atoms with van der Waals surface area (Å²) in [4.78, 5) is 23.1. The van der Waals surface area contributed by atoms with Gasteiger partial charge in [0.05, 0.1) is 5.69 Å². The number of benzene rings is 4. The lowest BCUT2D eigenvalue weighted by Crippen LogP contribution is -2.19. The van der Waals surface area contributed by atoms with E-state index in [0.29, 0.717) is 16.9 Å². The highest BCUT2D eigenvalue weighted by Crippen LogP contribution is 2.37. The number of urea groups is 1. The van der Waals surface area contributed by atoms with E-state index < -0.39 is 41.7 Å². The summed E-state index contributed by atoms with van der Waals surface area (Å²) >= 11 is 6.11. The number of azo groups is 1. The van der Waals surface area contributed by atoms with Crippen molar-refractivity contribution in [1.29, 1.82) is 0 Å². The number of aromatic nitrogens is 3. The number of halogens is 1. The number of primary amides is 1. The zero-order valence-corrected chi connectivity index (χ0v) is 26.7. The highest BCUT2D eigenvalue weighted by Gasteiger charge is 2.22. The molecule has 16 nitrogen and oxygen atoms in total. The van der Waals surface area contributed by atoms with Gasteiger partial charge in [-0.05, 0) is 90.5 Å². The second kappa shape index (κ2) is 12.9. The van der Waals surface area contributed by atoms with Crippen molar-refractivity contribution in [3.63, 3.8) is 0 Å². The summed E-state index contributed by atoms with van der Waals surface area (Å²) in [7, 11) is -9.63. The van der Waals surface area contributed by atoms with Gasteiger partial charge in [-0.1, -0.05) is 18.2 Å². The molecule has 0 fully saturated rings. The van der Waals surface area contributed by atoms with Gasteiger partial charge in [0.2, 0.25) is 17.2 Å². The first-order valence-corrected chi connectivity index (χ1v) is 16.5. The normalized spacial score (nSPS) is 11.9. The topological polar surface area (TPSA) is 251 Å². The molecule has 2 amide bonds. The van der Waals surface area contributed by atoms with Crippen molar-refractivity contribution in [3.05, 3.63) is 83.1 Å². The Morgan fingerprint density at radius 1 is 0.766 bits per heavy atom. The summed E-state index contributed by atoms with van der Waals surface area (Å²) in [6, 6.07) is 15.5. The average Bonchev–Trinajstić information content (AvgIpc) is 2.94. The molecule has 0 saturated carbocycles. The van der Waals surface area contributed by atoms with Crippen LogP contribution in [-0.4, -0.2) is 46.9 Å². The van der Waals surface area contributed by atoms with E-state index in [4.69, 9.17) is 17.3 Å². The molecule has 0 radical (unpaired) electrons. The first-order valence-electron chi connectivity index (χ1n) is 13.2. The lowest BCUT2D eigenvalue weighted by molar-refractivity contribution is 0.259. The van der Waals surface area contributed by atoms with Crippen LogP contribution in [-0.2, 0) is 20.2 Å². The maximum atomic E-state index is 12.2. The number of anilines is 5. The molecule has 0 unspecified atom stereocenters. The van der Waals surface area contributed by atoms with Crippen LogP contribution in [0.2, 0.25) is 5.28 Å². The second-order valence-corrected chi connectivity index (χ2v) is 13.2. The summed E-state index contributed by atoms with van der Waals surface area (Å²) in [5.74, 6) is 0.190. The fourth-order valence-electron chi connectivity index (χ4n) is 4.47. The zero-order chi connectivity index (χ0) is 34.1. The monoisotopic (exact) mass is 697 g/mol. The molecule has 47 heavy (non-hydrogen) atoms. The minimum atomic E-state index is -4.89. The Kier molecular flexibility index (Phi) is 9.05. The van der Waals surface area contributed by atoms with Crippen LogP contribution < -0.4 is 21.7 Å². The molecule has 242 valence electrons. The molecule has 0 aliphatic heterocycles. The number of fused-ring (bicyclic) bond motifs is 1. The van der Waals surface area contributed by atoms with Crippen molar-refractivity contribution in [2.75, 3.05) is 16.0 Å². The molecule has 0 spiro atoms. The number of nitrogens with zero attached hydrogens (tertiary/aromatic N) is 5. The van der Waals surface area contributed by atoms with E-state index in [9.17, 15) is 30.7 Å². The molecular weight excluding hydrogens is 674 g/mol. The summed E-state index contributed by atoms with van der Waals surface area (Å²) in [5.41, 5.74) is 7.32. The van der Waals surface area contributed by atoms with Crippen LogP contribution in [0.3, 0.4) is 0 Å². The van der Waals surface area contributed by atoms with Crippen molar-refractivity contribution in [3.8, 4) is 0 Å². The number of carbonyl (C=O) groups is 1. The number of carbonyl (C=O) groups excluding carboxylic acids is 1. The average molecular weight is 698 g/mol. The van der Waals surface area contributed by atoms with Gasteiger partial charge < -0.3 is 21.7 Å².